The Morgan fingerprint density at radius 1 is 0.720 bits per heavy atom. The first-order valence-corrected chi connectivity index (χ1v) is 21.1. The van der Waals surface area contributed by atoms with Crippen LogP contribution >= 0.6 is 7.82 Å². The van der Waals surface area contributed by atoms with Crippen molar-refractivity contribution in [2.24, 2.45) is 5.73 Å². The molecule has 0 aromatic carbocycles. The van der Waals surface area contributed by atoms with Gasteiger partial charge in [-0.1, -0.05) is 134 Å². The zero-order valence-electron chi connectivity index (χ0n) is 31.3. The average molecular weight is 728 g/mol. The fraction of sp³-hybridized carbons (Fsp3) is 0.795. The van der Waals surface area contributed by atoms with Crippen LogP contribution in [-0.4, -0.2) is 61.5 Å². The number of ether oxygens (including phenoxy) is 3. The van der Waals surface area contributed by atoms with E-state index in [0.717, 1.165) is 44.9 Å². The van der Waals surface area contributed by atoms with Crippen molar-refractivity contribution < 1.29 is 42.3 Å². The molecule has 1 aliphatic heterocycles. The summed E-state index contributed by atoms with van der Waals surface area (Å²) in [5.41, 5.74) is 5.33. The summed E-state index contributed by atoms with van der Waals surface area (Å²) in [6, 6.07) is 0. The fourth-order valence-corrected chi connectivity index (χ4v) is 6.19. The van der Waals surface area contributed by atoms with E-state index in [-0.39, 0.29) is 32.6 Å². The summed E-state index contributed by atoms with van der Waals surface area (Å²) in [7, 11) is -4.38. The molecule has 3 unspecified atom stereocenters. The third kappa shape index (κ3) is 28.8. The van der Waals surface area contributed by atoms with E-state index in [1.807, 2.05) is 6.08 Å². The molecule has 50 heavy (non-hydrogen) atoms. The van der Waals surface area contributed by atoms with Gasteiger partial charge in [0.1, 0.15) is 6.61 Å². The summed E-state index contributed by atoms with van der Waals surface area (Å²) in [6.45, 7) is 3.61. The van der Waals surface area contributed by atoms with Gasteiger partial charge in [0.25, 0.3) is 0 Å². The lowest BCUT2D eigenvalue weighted by Crippen LogP contribution is -2.29. The summed E-state index contributed by atoms with van der Waals surface area (Å²) in [5, 5.41) is 0. The minimum absolute atomic E-state index is 0.0445. The van der Waals surface area contributed by atoms with Crippen LogP contribution in [0.3, 0.4) is 0 Å². The van der Waals surface area contributed by atoms with E-state index < -0.39 is 32.5 Å². The van der Waals surface area contributed by atoms with Crippen LogP contribution in [0.4, 0.5) is 0 Å². The summed E-state index contributed by atoms with van der Waals surface area (Å²) < 4.78 is 38.3. The molecule has 1 fully saturated rings. The highest BCUT2D eigenvalue weighted by molar-refractivity contribution is 7.47. The van der Waals surface area contributed by atoms with E-state index in [2.05, 4.69) is 44.2 Å². The summed E-state index contributed by atoms with van der Waals surface area (Å²) in [5.74, 6) is -0.900. The smallest absolute Gasteiger partial charge is 0.462 e. The first-order chi connectivity index (χ1) is 24.3. The number of phosphoric ester groups is 1. The number of rotatable bonds is 35. The average Bonchev–Trinajstić information content (AvgIpc) is 3.85. The van der Waals surface area contributed by atoms with Crippen LogP contribution in [0.5, 0.6) is 0 Å². The monoisotopic (exact) mass is 727 g/mol. The number of carbonyl (C=O) groups excluding carboxylic acids is 2. The Balaban J connectivity index is 2.24. The molecule has 4 atom stereocenters. The lowest BCUT2D eigenvalue weighted by atomic mass is 10.1. The molecule has 0 aromatic rings. The number of nitrogens with two attached hydrogens (primary N) is 1. The van der Waals surface area contributed by atoms with Crippen molar-refractivity contribution in [3.63, 3.8) is 0 Å². The van der Waals surface area contributed by atoms with Gasteiger partial charge in [0.15, 0.2) is 6.10 Å². The van der Waals surface area contributed by atoms with Crippen molar-refractivity contribution in [1.29, 1.82) is 0 Å². The highest BCUT2D eigenvalue weighted by Crippen LogP contribution is 2.43. The van der Waals surface area contributed by atoms with Crippen LogP contribution < -0.4 is 5.73 Å². The summed E-state index contributed by atoms with van der Waals surface area (Å²) in [4.78, 5) is 34.7. The molecule has 0 aliphatic carbocycles. The largest absolute Gasteiger partial charge is 0.472 e. The molecule has 290 valence electrons. The Morgan fingerprint density at radius 2 is 1.30 bits per heavy atom. The topological polar surface area (TPSA) is 147 Å². The molecule has 0 saturated carbocycles. The van der Waals surface area contributed by atoms with Crippen LogP contribution in [0.25, 0.3) is 0 Å². The predicted molar refractivity (Wildman–Crippen MR) is 201 cm³/mol. The zero-order chi connectivity index (χ0) is 36.5. The van der Waals surface area contributed by atoms with E-state index in [9.17, 15) is 19.0 Å². The molecule has 1 heterocycles. The van der Waals surface area contributed by atoms with E-state index >= 15 is 0 Å². The van der Waals surface area contributed by atoms with Crippen molar-refractivity contribution in [2.45, 2.75) is 173 Å². The Labute approximate surface area is 303 Å². The van der Waals surface area contributed by atoms with E-state index in [1.54, 1.807) is 0 Å². The fourth-order valence-electron chi connectivity index (χ4n) is 5.43. The number of epoxide rings is 1. The van der Waals surface area contributed by atoms with Gasteiger partial charge >= 0.3 is 19.8 Å². The molecule has 1 saturated heterocycles. The first-order valence-electron chi connectivity index (χ1n) is 19.6. The maximum Gasteiger partial charge on any atom is 0.472 e. The van der Waals surface area contributed by atoms with Crippen LogP contribution in [0.1, 0.15) is 155 Å². The number of phosphoric acid groups is 1. The molecule has 11 heteroatoms. The van der Waals surface area contributed by atoms with Crippen molar-refractivity contribution in [1.82, 2.24) is 0 Å². The van der Waals surface area contributed by atoms with Gasteiger partial charge in [-0.05, 0) is 44.9 Å². The van der Waals surface area contributed by atoms with Gasteiger partial charge in [-0.25, -0.2) is 4.57 Å². The number of hydrogen-bond acceptors (Lipinski definition) is 9. The molecule has 1 aliphatic rings. The molecule has 0 amide bonds. The van der Waals surface area contributed by atoms with Gasteiger partial charge in [0.2, 0.25) is 0 Å². The first kappa shape index (κ1) is 46.2. The standard InChI is InChI=1S/C39H70NO9P/c1-3-5-7-8-9-10-11-16-19-22-26-30-39(42)48-35(34-47-50(43,44)46-32-31-40)33-45-38(41)29-25-21-18-15-13-12-14-17-20-24-28-37-36(49-37)27-23-6-4-2/h12,14-15,18,20,24,35-37H,3-11,13,16-17,19,21-23,25-34,40H2,1-2H3,(H,43,44)/b14-12-,18-15-,24-20-/t35-,36?,37?/m1/s1. The van der Waals surface area contributed by atoms with Gasteiger partial charge in [-0.15, -0.1) is 0 Å². The molecular weight excluding hydrogens is 657 g/mol. The minimum Gasteiger partial charge on any atom is -0.462 e. The Bertz CT molecular complexity index is 987. The molecule has 1 rings (SSSR count). The number of hydrogen-bond donors (Lipinski definition) is 2. The summed E-state index contributed by atoms with van der Waals surface area (Å²) in [6.07, 6.45) is 35.0. The second-order valence-electron chi connectivity index (χ2n) is 13.2. The van der Waals surface area contributed by atoms with Gasteiger partial charge in [0.05, 0.1) is 25.4 Å². The van der Waals surface area contributed by atoms with Crippen LogP contribution in [0, 0.1) is 0 Å². The van der Waals surface area contributed by atoms with Crippen LogP contribution in [0.2, 0.25) is 0 Å². The zero-order valence-corrected chi connectivity index (χ0v) is 32.2. The Morgan fingerprint density at radius 3 is 1.96 bits per heavy atom. The molecule has 0 aromatic heterocycles. The lowest BCUT2D eigenvalue weighted by Gasteiger charge is -2.19. The molecule has 0 bridgehead atoms. The van der Waals surface area contributed by atoms with Crippen molar-refractivity contribution in [3.8, 4) is 0 Å². The second kappa shape index (κ2) is 31.9. The van der Waals surface area contributed by atoms with Crippen LogP contribution in [-0.2, 0) is 37.4 Å². The molecule has 0 radical (unpaired) electrons. The third-order valence-corrected chi connectivity index (χ3v) is 9.44. The highest BCUT2D eigenvalue weighted by Gasteiger charge is 2.36. The highest BCUT2D eigenvalue weighted by atomic mass is 31.2. The SMILES string of the molecule is CCCCCCCCCCCCCC(=O)O[C@H](COC(=O)CCC/C=C\C/C=C\C/C=C\CC1OC1CCCCC)COP(=O)(O)OCCN. The van der Waals surface area contributed by atoms with Crippen molar-refractivity contribution >= 4 is 19.8 Å². The van der Waals surface area contributed by atoms with Crippen molar-refractivity contribution in [3.05, 3.63) is 36.5 Å². The van der Waals surface area contributed by atoms with Gasteiger partial charge in [-0.2, -0.15) is 0 Å². The maximum atomic E-state index is 12.5. The normalized spacial score (nSPS) is 17.8. The minimum atomic E-state index is -4.38. The predicted octanol–water partition coefficient (Wildman–Crippen LogP) is 9.59. The van der Waals surface area contributed by atoms with E-state index in [1.165, 1.54) is 70.6 Å². The molecular formula is C39H70NO9P. The maximum absolute atomic E-state index is 12.5. The van der Waals surface area contributed by atoms with Gasteiger partial charge < -0.3 is 24.8 Å². The Hall–Kier alpha value is -1.81. The summed E-state index contributed by atoms with van der Waals surface area (Å²) >= 11 is 0. The molecule has 10 nitrogen and oxygen atoms in total. The van der Waals surface area contributed by atoms with E-state index in [4.69, 9.17) is 29.0 Å². The number of esters is 2. The lowest BCUT2D eigenvalue weighted by molar-refractivity contribution is -0.161. The number of unbranched alkanes of at least 4 members (excludes halogenated alkanes) is 13. The van der Waals surface area contributed by atoms with Crippen LogP contribution in [0.15, 0.2) is 36.5 Å². The quantitative estimate of drug-likeness (QED) is 0.0213. The number of allylic oxidation sites excluding steroid dienone is 5. The van der Waals surface area contributed by atoms with Crippen molar-refractivity contribution in [2.75, 3.05) is 26.4 Å². The molecule has 0 spiro atoms. The Kier molecular flexibility index (Phi) is 29.5. The van der Waals surface area contributed by atoms with E-state index in [0.29, 0.717) is 25.0 Å². The van der Waals surface area contributed by atoms with Gasteiger partial charge in [-0.3, -0.25) is 18.6 Å². The molecule has 3 N–H and O–H groups in total. The van der Waals surface area contributed by atoms with Gasteiger partial charge in [0, 0.05) is 19.4 Å². The number of carbonyl (C=O) groups is 2. The second-order valence-corrected chi connectivity index (χ2v) is 14.6. The third-order valence-electron chi connectivity index (χ3n) is 8.45.